The van der Waals surface area contributed by atoms with Gasteiger partial charge in [-0.05, 0) is 37.4 Å². The third-order valence-electron chi connectivity index (χ3n) is 5.38. The number of nitrogens with zero attached hydrogens (tertiary/aromatic N) is 4. The van der Waals surface area contributed by atoms with Gasteiger partial charge in [-0.1, -0.05) is 0 Å². The average molecular weight is 283 g/mol. The first-order valence-electron chi connectivity index (χ1n) is 7.65. The highest BCUT2D eigenvalue weighted by Crippen LogP contribution is 2.41. The molecule has 0 spiro atoms. The van der Waals surface area contributed by atoms with Gasteiger partial charge < -0.3 is 4.90 Å². The van der Waals surface area contributed by atoms with Crippen molar-refractivity contribution in [2.45, 2.75) is 24.9 Å². The molecule has 21 heavy (non-hydrogen) atoms. The van der Waals surface area contributed by atoms with Crippen molar-refractivity contribution >= 4 is 16.9 Å². The number of rotatable bonds is 1. The highest BCUT2D eigenvalue weighted by atomic mass is 16.2. The van der Waals surface area contributed by atoms with Crippen molar-refractivity contribution in [2.75, 3.05) is 19.6 Å². The van der Waals surface area contributed by atoms with Crippen LogP contribution in [-0.4, -0.2) is 62.6 Å². The molecular formula is C15H17N5O. The first kappa shape index (κ1) is 11.7. The Labute approximate surface area is 122 Å². The molecule has 108 valence electrons. The lowest BCUT2D eigenvalue weighted by atomic mass is 9.93. The topological polar surface area (TPSA) is 65.1 Å². The molecule has 0 aliphatic carbocycles. The highest BCUT2D eigenvalue weighted by Gasteiger charge is 2.51. The second-order valence-corrected chi connectivity index (χ2v) is 6.45. The third-order valence-corrected chi connectivity index (χ3v) is 5.38. The number of aromatic nitrogens is 3. The molecule has 6 heteroatoms. The minimum absolute atomic E-state index is 0.101. The summed E-state index contributed by atoms with van der Waals surface area (Å²) in [5.41, 5.74) is 1.22. The fraction of sp³-hybridized carbons (Fsp3) is 0.533. The lowest BCUT2D eigenvalue weighted by Crippen LogP contribution is -2.58. The van der Waals surface area contributed by atoms with Crippen LogP contribution in [0.5, 0.6) is 0 Å². The number of piperidine rings is 1. The summed E-state index contributed by atoms with van der Waals surface area (Å²) >= 11 is 0. The first-order chi connectivity index (χ1) is 10.3. The second kappa shape index (κ2) is 4.04. The molecule has 6 nitrogen and oxygen atoms in total. The van der Waals surface area contributed by atoms with Crippen molar-refractivity contribution in [3.63, 3.8) is 0 Å². The van der Waals surface area contributed by atoms with Crippen LogP contribution >= 0.6 is 0 Å². The van der Waals surface area contributed by atoms with Gasteiger partial charge in [-0.15, -0.1) is 0 Å². The molecule has 3 bridgehead atoms. The maximum atomic E-state index is 13.0. The standard InChI is InChI=1S/C15H17N5O/c21-15(13-11-2-1-4-16-14(11)18-17-13)20-10-6-9-3-5-19(7-10)8-12(9)20/h1-2,4,9-10,12H,3,5-8H2,(H,16,17,18)/t9-,10-,12-/m1/s1. The van der Waals surface area contributed by atoms with Gasteiger partial charge in [0, 0.05) is 31.4 Å². The highest BCUT2D eigenvalue weighted by molar-refractivity contribution is 6.04. The van der Waals surface area contributed by atoms with Crippen LogP contribution in [0.25, 0.3) is 11.0 Å². The van der Waals surface area contributed by atoms with E-state index in [0.29, 0.717) is 29.3 Å². The minimum Gasteiger partial charge on any atom is -0.328 e. The average Bonchev–Trinajstić information content (AvgIpc) is 2.96. The Morgan fingerprint density at radius 1 is 1.38 bits per heavy atom. The summed E-state index contributed by atoms with van der Waals surface area (Å²) in [5.74, 6) is 0.787. The van der Waals surface area contributed by atoms with Crippen LogP contribution in [0.1, 0.15) is 23.3 Å². The number of pyridine rings is 1. The van der Waals surface area contributed by atoms with E-state index in [1.165, 1.54) is 13.0 Å². The van der Waals surface area contributed by atoms with Crippen LogP contribution in [0.3, 0.4) is 0 Å². The third kappa shape index (κ3) is 1.53. The first-order valence-corrected chi connectivity index (χ1v) is 7.65. The van der Waals surface area contributed by atoms with Crippen molar-refractivity contribution in [1.82, 2.24) is 25.0 Å². The van der Waals surface area contributed by atoms with E-state index in [-0.39, 0.29) is 5.91 Å². The molecule has 1 unspecified atom stereocenters. The molecule has 0 radical (unpaired) electrons. The lowest BCUT2D eigenvalue weighted by Gasteiger charge is -2.44. The summed E-state index contributed by atoms with van der Waals surface area (Å²) in [4.78, 5) is 21.9. The molecule has 5 heterocycles. The number of carbonyl (C=O) groups excluding carboxylic acids is 1. The Morgan fingerprint density at radius 3 is 3.29 bits per heavy atom. The van der Waals surface area contributed by atoms with Gasteiger partial charge in [0.1, 0.15) is 5.69 Å². The Hall–Kier alpha value is -1.95. The molecule has 4 atom stereocenters. The molecule has 2 aromatic rings. The summed E-state index contributed by atoms with van der Waals surface area (Å²) in [5, 5.41) is 7.90. The smallest absolute Gasteiger partial charge is 0.273 e. The quantitative estimate of drug-likeness (QED) is 0.843. The number of carbonyl (C=O) groups is 1. The van der Waals surface area contributed by atoms with Crippen molar-refractivity contribution in [3.05, 3.63) is 24.0 Å². The van der Waals surface area contributed by atoms with Crippen molar-refractivity contribution in [2.24, 2.45) is 5.92 Å². The molecule has 3 fully saturated rings. The number of hydrogen-bond acceptors (Lipinski definition) is 4. The predicted molar refractivity (Wildman–Crippen MR) is 76.8 cm³/mol. The summed E-state index contributed by atoms with van der Waals surface area (Å²) < 4.78 is 0. The van der Waals surface area contributed by atoms with E-state index in [4.69, 9.17) is 0 Å². The molecule has 3 saturated heterocycles. The van der Waals surface area contributed by atoms with Crippen LogP contribution in [0.2, 0.25) is 0 Å². The summed E-state index contributed by atoms with van der Waals surface area (Å²) in [6.07, 6.45) is 4.10. The van der Waals surface area contributed by atoms with Crippen LogP contribution in [0.15, 0.2) is 18.3 Å². The molecule has 0 aromatic carbocycles. The zero-order chi connectivity index (χ0) is 14.0. The zero-order valence-corrected chi connectivity index (χ0v) is 11.7. The van der Waals surface area contributed by atoms with Crippen molar-refractivity contribution in [1.29, 1.82) is 0 Å². The molecule has 1 amide bonds. The Morgan fingerprint density at radius 2 is 2.33 bits per heavy atom. The molecule has 0 saturated carbocycles. The van der Waals surface area contributed by atoms with Gasteiger partial charge in [0.15, 0.2) is 5.65 Å². The number of piperazine rings is 1. The predicted octanol–water partition coefficient (Wildman–Crippen LogP) is 0.877. The monoisotopic (exact) mass is 283 g/mol. The van der Waals surface area contributed by atoms with E-state index in [0.717, 1.165) is 24.9 Å². The van der Waals surface area contributed by atoms with E-state index < -0.39 is 0 Å². The number of hydrogen-bond donors (Lipinski definition) is 1. The SMILES string of the molecule is O=C(c1[nH]nc2ncccc12)N1[C@@H]2C[C@H]3CCN(C2)C[C@H]31. The maximum absolute atomic E-state index is 13.0. The van der Waals surface area contributed by atoms with Crippen molar-refractivity contribution in [3.8, 4) is 0 Å². The Balaban J connectivity index is 1.55. The van der Waals surface area contributed by atoms with Crippen LogP contribution in [-0.2, 0) is 0 Å². The van der Waals surface area contributed by atoms with Gasteiger partial charge in [-0.3, -0.25) is 14.8 Å². The largest absolute Gasteiger partial charge is 0.328 e. The summed E-state index contributed by atoms with van der Waals surface area (Å²) in [7, 11) is 0. The van der Waals surface area contributed by atoms with E-state index in [9.17, 15) is 4.79 Å². The normalized spacial score (nSPS) is 33.8. The lowest BCUT2D eigenvalue weighted by molar-refractivity contribution is 0.0258. The summed E-state index contributed by atoms with van der Waals surface area (Å²) in [6, 6.07) is 4.53. The number of fused-ring (bicyclic) bond motifs is 3. The molecule has 2 aromatic heterocycles. The molecule has 3 aliphatic heterocycles. The van der Waals surface area contributed by atoms with E-state index >= 15 is 0 Å². The number of H-pyrrole nitrogens is 1. The maximum Gasteiger partial charge on any atom is 0.273 e. The molecular weight excluding hydrogens is 266 g/mol. The van der Waals surface area contributed by atoms with Gasteiger partial charge in [-0.25, -0.2) is 4.98 Å². The fourth-order valence-corrected chi connectivity index (χ4v) is 4.45. The number of nitrogens with one attached hydrogen (secondary N) is 1. The van der Waals surface area contributed by atoms with Gasteiger partial charge in [0.25, 0.3) is 5.91 Å². The zero-order valence-electron chi connectivity index (χ0n) is 11.7. The Kier molecular flexibility index (Phi) is 2.25. The summed E-state index contributed by atoms with van der Waals surface area (Å²) in [6.45, 7) is 3.27. The Bertz CT molecular complexity index is 722. The fourth-order valence-electron chi connectivity index (χ4n) is 4.45. The van der Waals surface area contributed by atoms with Crippen molar-refractivity contribution < 1.29 is 4.79 Å². The van der Waals surface area contributed by atoms with Gasteiger partial charge in [-0.2, -0.15) is 5.10 Å². The van der Waals surface area contributed by atoms with Gasteiger partial charge in [0.2, 0.25) is 0 Å². The molecule has 5 rings (SSSR count). The van der Waals surface area contributed by atoms with Gasteiger partial charge in [0.05, 0.1) is 5.39 Å². The van der Waals surface area contributed by atoms with Gasteiger partial charge >= 0.3 is 0 Å². The van der Waals surface area contributed by atoms with E-state index in [1.54, 1.807) is 6.20 Å². The minimum atomic E-state index is 0.101. The molecule has 1 N–H and O–H groups in total. The molecule has 3 aliphatic rings. The van der Waals surface area contributed by atoms with E-state index in [2.05, 4.69) is 25.0 Å². The van der Waals surface area contributed by atoms with E-state index in [1.807, 2.05) is 12.1 Å². The second-order valence-electron chi connectivity index (χ2n) is 6.45. The van der Waals surface area contributed by atoms with Crippen LogP contribution in [0.4, 0.5) is 0 Å². The van der Waals surface area contributed by atoms with Crippen LogP contribution < -0.4 is 0 Å². The van der Waals surface area contributed by atoms with Crippen LogP contribution in [0, 0.1) is 5.92 Å². The number of amides is 1. The number of aromatic amines is 1.